The lowest BCUT2D eigenvalue weighted by molar-refractivity contribution is 0.0506. The smallest absolute Gasteiger partial charge is 0.257 e. The van der Waals surface area contributed by atoms with Gasteiger partial charge >= 0.3 is 0 Å². The number of hydrogen-bond acceptors (Lipinski definition) is 6. The van der Waals surface area contributed by atoms with E-state index in [1.54, 1.807) is 19.5 Å². The van der Waals surface area contributed by atoms with E-state index in [2.05, 4.69) is 15.3 Å². The normalized spacial score (nSPS) is 16.1. The van der Waals surface area contributed by atoms with Crippen LogP contribution in [-0.2, 0) is 11.3 Å². The lowest BCUT2D eigenvalue weighted by Crippen LogP contribution is -2.37. The van der Waals surface area contributed by atoms with E-state index >= 15 is 0 Å². The predicted molar refractivity (Wildman–Crippen MR) is 103 cm³/mol. The van der Waals surface area contributed by atoms with Crippen LogP contribution in [0.3, 0.4) is 0 Å². The van der Waals surface area contributed by atoms with Gasteiger partial charge in [0, 0.05) is 38.6 Å². The van der Waals surface area contributed by atoms with Crippen molar-refractivity contribution in [3.8, 4) is 5.75 Å². The Balaban J connectivity index is 1.75. The first-order valence-electron chi connectivity index (χ1n) is 9.29. The molecule has 1 N–H and O–H groups in total. The lowest BCUT2D eigenvalue weighted by Gasteiger charge is -2.25. The molecule has 7 nitrogen and oxygen atoms in total. The van der Waals surface area contributed by atoms with Gasteiger partial charge in [0.1, 0.15) is 5.75 Å². The van der Waals surface area contributed by atoms with Gasteiger partial charge in [0.15, 0.2) is 0 Å². The number of hydrogen-bond donors (Lipinski definition) is 1. The zero-order chi connectivity index (χ0) is 19.1. The molecular weight excluding hydrogens is 344 g/mol. The Morgan fingerprint density at radius 3 is 2.63 bits per heavy atom. The molecule has 0 bridgehead atoms. The molecule has 0 aliphatic carbocycles. The van der Waals surface area contributed by atoms with Crippen LogP contribution < -0.4 is 10.1 Å². The Hall–Kier alpha value is -2.67. The summed E-state index contributed by atoms with van der Waals surface area (Å²) in [6, 6.07) is 7.75. The summed E-state index contributed by atoms with van der Waals surface area (Å²) in [5.74, 6) is 1.22. The van der Waals surface area contributed by atoms with Gasteiger partial charge in [0.2, 0.25) is 5.95 Å². The lowest BCUT2D eigenvalue weighted by atomic mass is 10.1. The standard InChI is InChI=1S/C20H26N4O3/c1-3-21-20-22-11-16(12-23-20)19(25)24(14-18-5-4-10-27-18)13-15-6-8-17(26-2)9-7-15/h6-9,11-12,18H,3-5,10,13-14H2,1-2H3,(H,21,22,23)/t18-/m0/s1. The summed E-state index contributed by atoms with van der Waals surface area (Å²) in [5.41, 5.74) is 1.51. The van der Waals surface area contributed by atoms with E-state index in [0.29, 0.717) is 24.6 Å². The molecule has 144 valence electrons. The number of methoxy groups -OCH3 is 1. The van der Waals surface area contributed by atoms with E-state index in [9.17, 15) is 4.79 Å². The molecule has 1 aromatic heterocycles. The molecule has 3 rings (SSSR count). The van der Waals surface area contributed by atoms with Crippen molar-refractivity contribution in [2.45, 2.75) is 32.4 Å². The number of carbonyl (C=O) groups excluding carboxylic acids is 1. The highest BCUT2D eigenvalue weighted by atomic mass is 16.5. The molecule has 0 radical (unpaired) electrons. The third-order valence-electron chi connectivity index (χ3n) is 4.50. The zero-order valence-corrected chi connectivity index (χ0v) is 15.9. The number of benzene rings is 1. The number of amides is 1. The van der Waals surface area contributed by atoms with Crippen LogP contribution in [0.25, 0.3) is 0 Å². The largest absolute Gasteiger partial charge is 0.497 e. The van der Waals surface area contributed by atoms with Gasteiger partial charge in [-0.15, -0.1) is 0 Å². The van der Waals surface area contributed by atoms with Crippen LogP contribution in [0.5, 0.6) is 5.75 Å². The molecule has 1 saturated heterocycles. The van der Waals surface area contributed by atoms with Crippen molar-refractivity contribution < 1.29 is 14.3 Å². The van der Waals surface area contributed by atoms with Gasteiger partial charge in [-0.05, 0) is 37.5 Å². The van der Waals surface area contributed by atoms with Gasteiger partial charge in [0.25, 0.3) is 5.91 Å². The van der Waals surface area contributed by atoms with Gasteiger partial charge in [-0.2, -0.15) is 0 Å². The second kappa shape index (κ2) is 9.32. The average molecular weight is 370 g/mol. The van der Waals surface area contributed by atoms with Gasteiger partial charge in [-0.3, -0.25) is 4.79 Å². The molecule has 27 heavy (non-hydrogen) atoms. The van der Waals surface area contributed by atoms with Crippen LogP contribution in [0.2, 0.25) is 0 Å². The Morgan fingerprint density at radius 1 is 1.30 bits per heavy atom. The SMILES string of the molecule is CCNc1ncc(C(=O)N(Cc2ccc(OC)cc2)C[C@@H]2CCCO2)cn1. The first-order valence-corrected chi connectivity index (χ1v) is 9.29. The molecule has 2 heterocycles. The third-order valence-corrected chi connectivity index (χ3v) is 4.50. The predicted octanol–water partition coefficient (Wildman–Crippen LogP) is 2.74. The topological polar surface area (TPSA) is 76.6 Å². The first kappa shape index (κ1) is 19.1. The van der Waals surface area contributed by atoms with Crippen molar-refractivity contribution in [3.05, 3.63) is 47.8 Å². The molecule has 1 fully saturated rings. The molecule has 0 unspecified atom stereocenters. The summed E-state index contributed by atoms with van der Waals surface area (Å²) in [4.78, 5) is 23.3. The van der Waals surface area contributed by atoms with Crippen LogP contribution in [0.15, 0.2) is 36.7 Å². The van der Waals surface area contributed by atoms with Gasteiger partial charge in [0.05, 0.1) is 18.8 Å². The Bertz CT molecular complexity index is 728. The first-order chi connectivity index (χ1) is 13.2. The van der Waals surface area contributed by atoms with E-state index in [1.807, 2.05) is 36.1 Å². The molecule has 0 saturated carbocycles. The van der Waals surface area contributed by atoms with Crippen molar-refractivity contribution in [2.24, 2.45) is 0 Å². The molecule has 7 heteroatoms. The van der Waals surface area contributed by atoms with Crippen molar-refractivity contribution in [1.29, 1.82) is 0 Å². The van der Waals surface area contributed by atoms with E-state index in [0.717, 1.165) is 37.3 Å². The number of aromatic nitrogens is 2. The molecular formula is C20H26N4O3. The quantitative estimate of drug-likeness (QED) is 0.770. The summed E-state index contributed by atoms with van der Waals surface area (Å²) in [6.07, 6.45) is 5.24. The van der Waals surface area contributed by atoms with E-state index in [4.69, 9.17) is 9.47 Å². The summed E-state index contributed by atoms with van der Waals surface area (Å²) in [5, 5.41) is 3.03. The fraction of sp³-hybridized carbons (Fsp3) is 0.450. The van der Waals surface area contributed by atoms with Crippen LogP contribution >= 0.6 is 0 Å². The number of carbonyl (C=O) groups is 1. The van der Waals surface area contributed by atoms with E-state index < -0.39 is 0 Å². The van der Waals surface area contributed by atoms with Crippen molar-refractivity contribution in [2.75, 3.05) is 32.1 Å². The van der Waals surface area contributed by atoms with Crippen LogP contribution in [0.4, 0.5) is 5.95 Å². The van der Waals surface area contributed by atoms with Crippen molar-refractivity contribution in [3.63, 3.8) is 0 Å². The van der Waals surface area contributed by atoms with Gasteiger partial charge in [-0.1, -0.05) is 12.1 Å². The third kappa shape index (κ3) is 5.17. The minimum absolute atomic E-state index is 0.0779. The molecule has 2 aromatic rings. The minimum Gasteiger partial charge on any atom is -0.497 e. The van der Waals surface area contributed by atoms with E-state index in [-0.39, 0.29) is 12.0 Å². The number of ether oxygens (including phenoxy) is 2. The number of nitrogens with zero attached hydrogens (tertiary/aromatic N) is 3. The second-order valence-corrected chi connectivity index (χ2v) is 6.49. The number of rotatable bonds is 8. The molecule has 1 aromatic carbocycles. The fourth-order valence-electron chi connectivity index (χ4n) is 3.08. The second-order valence-electron chi connectivity index (χ2n) is 6.49. The van der Waals surface area contributed by atoms with Crippen molar-refractivity contribution in [1.82, 2.24) is 14.9 Å². The fourth-order valence-corrected chi connectivity index (χ4v) is 3.08. The van der Waals surface area contributed by atoms with Crippen LogP contribution in [-0.4, -0.2) is 53.7 Å². The van der Waals surface area contributed by atoms with Crippen LogP contribution in [0.1, 0.15) is 35.7 Å². The Morgan fingerprint density at radius 2 is 2.04 bits per heavy atom. The van der Waals surface area contributed by atoms with E-state index in [1.165, 1.54) is 0 Å². The molecule has 0 spiro atoms. The molecule has 1 amide bonds. The highest BCUT2D eigenvalue weighted by molar-refractivity contribution is 5.93. The minimum atomic E-state index is -0.0932. The van der Waals surface area contributed by atoms with Crippen molar-refractivity contribution >= 4 is 11.9 Å². The summed E-state index contributed by atoms with van der Waals surface area (Å²) < 4.78 is 10.9. The van der Waals surface area contributed by atoms with Crippen LogP contribution in [0, 0.1) is 0 Å². The van der Waals surface area contributed by atoms with Gasteiger partial charge < -0.3 is 19.7 Å². The highest BCUT2D eigenvalue weighted by Gasteiger charge is 2.24. The Kier molecular flexibility index (Phi) is 6.59. The monoisotopic (exact) mass is 370 g/mol. The maximum Gasteiger partial charge on any atom is 0.257 e. The maximum atomic E-state index is 13.1. The molecule has 1 aliphatic heterocycles. The summed E-state index contributed by atoms with van der Waals surface area (Å²) in [6.45, 7) is 4.52. The molecule has 1 aliphatic rings. The average Bonchev–Trinajstić information content (AvgIpc) is 3.21. The number of anilines is 1. The number of nitrogens with one attached hydrogen (secondary N) is 1. The molecule has 1 atom stereocenters. The zero-order valence-electron chi connectivity index (χ0n) is 15.9. The summed E-state index contributed by atoms with van der Waals surface area (Å²) >= 11 is 0. The Labute approximate surface area is 159 Å². The van der Waals surface area contributed by atoms with Gasteiger partial charge in [-0.25, -0.2) is 9.97 Å². The summed E-state index contributed by atoms with van der Waals surface area (Å²) in [7, 11) is 1.64. The maximum absolute atomic E-state index is 13.1. The highest BCUT2D eigenvalue weighted by Crippen LogP contribution is 2.18.